The Balaban J connectivity index is 2.12. The second-order valence-electron chi connectivity index (χ2n) is 4.48. The molecule has 0 aliphatic carbocycles. The largest absolute Gasteiger partial charge is 0.495 e. The predicted molar refractivity (Wildman–Crippen MR) is 67.4 cm³/mol. The molecule has 1 N–H and O–H groups in total. The van der Waals surface area contributed by atoms with E-state index in [-0.39, 0.29) is 0 Å². The molecular weight excluding hydrogens is 222 g/mol. The number of nitrogens with one attached hydrogen (secondary N) is 1. The van der Waals surface area contributed by atoms with Crippen molar-refractivity contribution >= 4 is 11.6 Å². The summed E-state index contributed by atoms with van der Waals surface area (Å²) in [7, 11) is 1.64. The SMILES string of the molecule is COc1ccc(C2CCC(C)NC2)cc1Cl. The van der Waals surface area contributed by atoms with Crippen molar-refractivity contribution in [2.45, 2.75) is 31.7 Å². The van der Waals surface area contributed by atoms with Crippen molar-refractivity contribution in [3.05, 3.63) is 28.8 Å². The first kappa shape index (κ1) is 11.7. The van der Waals surface area contributed by atoms with Crippen LogP contribution in [0.4, 0.5) is 0 Å². The minimum atomic E-state index is 0.583. The molecule has 0 saturated carbocycles. The molecular formula is C13H18ClNO. The van der Waals surface area contributed by atoms with Gasteiger partial charge in [0.2, 0.25) is 0 Å². The molecule has 0 aromatic heterocycles. The summed E-state index contributed by atoms with van der Waals surface area (Å²) in [6.45, 7) is 3.28. The van der Waals surface area contributed by atoms with Crippen molar-refractivity contribution in [2.75, 3.05) is 13.7 Å². The van der Waals surface area contributed by atoms with E-state index >= 15 is 0 Å². The Morgan fingerprint density at radius 1 is 1.38 bits per heavy atom. The first-order valence-corrected chi connectivity index (χ1v) is 6.15. The quantitative estimate of drug-likeness (QED) is 0.856. The van der Waals surface area contributed by atoms with Crippen LogP contribution in [0.1, 0.15) is 31.2 Å². The molecule has 0 amide bonds. The van der Waals surface area contributed by atoms with E-state index in [9.17, 15) is 0 Å². The fourth-order valence-electron chi connectivity index (χ4n) is 2.22. The summed E-state index contributed by atoms with van der Waals surface area (Å²) >= 11 is 6.13. The van der Waals surface area contributed by atoms with Crippen LogP contribution < -0.4 is 10.1 Å². The lowest BCUT2D eigenvalue weighted by atomic mass is 9.89. The van der Waals surface area contributed by atoms with Crippen molar-refractivity contribution in [2.24, 2.45) is 0 Å². The Morgan fingerprint density at radius 3 is 2.75 bits per heavy atom. The summed E-state index contributed by atoms with van der Waals surface area (Å²) in [5.41, 5.74) is 1.31. The lowest BCUT2D eigenvalue weighted by Crippen LogP contribution is -2.35. The number of methoxy groups -OCH3 is 1. The molecule has 1 aliphatic heterocycles. The summed E-state index contributed by atoms with van der Waals surface area (Å²) < 4.78 is 5.16. The lowest BCUT2D eigenvalue weighted by Gasteiger charge is -2.28. The van der Waals surface area contributed by atoms with Crippen LogP contribution in [0.15, 0.2) is 18.2 Å². The number of hydrogen-bond acceptors (Lipinski definition) is 2. The monoisotopic (exact) mass is 239 g/mol. The maximum absolute atomic E-state index is 6.13. The third-order valence-corrected chi connectivity index (χ3v) is 3.60. The Morgan fingerprint density at radius 2 is 2.19 bits per heavy atom. The molecule has 1 aromatic rings. The fraction of sp³-hybridized carbons (Fsp3) is 0.538. The van der Waals surface area contributed by atoms with E-state index in [1.165, 1.54) is 18.4 Å². The van der Waals surface area contributed by atoms with Gasteiger partial charge in [0.05, 0.1) is 12.1 Å². The average Bonchev–Trinajstić information content (AvgIpc) is 2.30. The Hall–Kier alpha value is -0.730. The van der Waals surface area contributed by atoms with E-state index in [0.29, 0.717) is 17.0 Å². The van der Waals surface area contributed by atoms with E-state index in [1.54, 1.807) is 7.11 Å². The van der Waals surface area contributed by atoms with Gasteiger partial charge in [0.1, 0.15) is 5.75 Å². The van der Waals surface area contributed by atoms with E-state index in [0.717, 1.165) is 12.3 Å². The molecule has 2 unspecified atom stereocenters. The van der Waals surface area contributed by atoms with Gasteiger partial charge in [0.15, 0.2) is 0 Å². The predicted octanol–water partition coefficient (Wildman–Crippen LogP) is 3.20. The van der Waals surface area contributed by atoms with Crippen LogP contribution >= 0.6 is 11.6 Å². The number of rotatable bonds is 2. The van der Waals surface area contributed by atoms with Gasteiger partial charge in [-0.05, 0) is 43.4 Å². The van der Waals surface area contributed by atoms with Crippen LogP contribution in [-0.4, -0.2) is 19.7 Å². The number of halogens is 1. The van der Waals surface area contributed by atoms with Gasteiger partial charge in [-0.2, -0.15) is 0 Å². The van der Waals surface area contributed by atoms with Crippen LogP contribution in [-0.2, 0) is 0 Å². The average molecular weight is 240 g/mol. The van der Waals surface area contributed by atoms with Gasteiger partial charge in [-0.1, -0.05) is 17.7 Å². The smallest absolute Gasteiger partial charge is 0.137 e. The van der Waals surface area contributed by atoms with Crippen LogP contribution in [0, 0.1) is 0 Å². The highest BCUT2D eigenvalue weighted by Gasteiger charge is 2.19. The van der Waals surface area contributed by atoms with Crippen molar-refractivity contribution < 1.29 is 4.74 Å². The third kappa shape index (κ3) is 2.50. The molecule has 1 fully saturated rings. The van der Waals surface area contributed by atoms with Gasteiger partial charge >= 0.3 is 0 Å². The molecule has 3 heteroatoms. The minimum Gasteiger partial charge on any atom is -0.495 e. The maximum atomic E-state index is 6.13. The summed E-state index contributed by atoms with van der Waals surface area (Å²) in [6, 6.07) is 6.75. The molecule has 1 aromatic carbocycles. The highest BCUT2D eigenvalue weighted by atomic mass is 35.5. The van der Waals surface area contributed by atoms with E-state index in [4.69, 9.17) is 16.3 Å². The fourth-order valence-corrected chi connectivity index (χ4v) is 2.49. The molecule has 0 bridgehead atoms. The van der Waals surface area contributed by atoms with E-state index in [1.807, 2.05) is 12.1 Å². The normalized spacial score (nSPS) is 25.4. The summed E-state index contributed by atoms with van der Waals surface area (Å²) in [6.07, 6.45) is 2.46. The molecule has 2 atom stereocenters. The Labute approximate surface area is 102 Å². The zero-order valence-corrected chi connectivity index (χ0v) is 10.6. The first-order valence-electron chi connectivity index (χ1n) is 5.77. The minimum absolute atomic E-state index is 0.583. The molecule has 0 radical (unpaired) electrons. The van der Waals surface area contributed by atoms with Crippen LogP contribution in [0.5, 0.6) is 5.75 Å². The molecule has 16 heavy (non-hydrogen) atoms. The van der Waals surface area contributed by atoms with Gasteiger partial charge in [0.25, 0.3) is 0 Å². The van der Waals surface area contributed by atoms with E-state index in [2.05, 4.69) is 18.3 Å². The molecule has 1 heterocycles. The van der Waals surface area contributed by atoms with Crippen LogP contribution in [0.3, 0.4) is 0 Å². The van der Waals surface area contributed by atoms with Crippen molar-refractivity contribution in [3.63, 3.8) is 0 Å². The number of benzene rings is 1. The molecule has 1 saturated heterocycles. The van der Waals surface area contributed by atoms with E-state index < -0.39 is 0 Å². The lowest BCUT2D eigenvalue weighted by molar-refractivity contribution is 0.384. The van der Waals surface area contributed by atoms with Crippen LogP contribution in [0.2, 0.25) is 5.02 Å². The van der Waals surface area contributed by atoms with Crippen molar-refractivity contribution in [1.29, 1.82) is 0 Å². The van der Waals surface area contributed by atoms with Gasteiger partial charge in [0, 0.05) is 12.6 Å². The summed E-state index contributed by atoms with van der Waals surface area (Å²) in [4.78, 5) is 0. The maximum Gasteiger partial charge on any atom is 0.137 e. The number of ether oxygens (including phenoxy) is 1. The van der Waals surface area contributed by atoms with Crippen molar-refractivity contribution in [3.8, 4) is 5.75 Å². The third-order valence-electron chi connectivity index (χ3n) is 3.31. The molecule has 1 aliphatic rings. The number of piperidine rings is 1. The highest BCUT2D eigenvalue weighted by Crippen LogP contribution is 2.31. The van der Waals surface area contributed by atoms with Gasteiger partial charge in [-0.15, -0.1) is 0 Å². The first-order chi connectivity index (χ1) is 7.70. The van der Waals surface area contributed by atoms with Crippen molar-refractivity contribution in [1.82, 2.24) is 5.32 Å². The molecule has 2 rings (SSSR count). The Bertz CT molecular complexity index is 359. The van der Waals surface area contributed by atoms with Crippen LogP contribution in [0.25, 0.3) is 0 Å². The second-order valence-corrected chi connectivity index (χ2v) is 4.88. The van der Waals surface area contributed by atoms with Gasteiger partial charge < -0.3 is 10.1 Å². The zero-order valence-electron chi connectivity index (χ0n) is 9.79. The summed E-state index contributed by atoms with van der Waals surface area (Å²) in [5, 5.41) is 4.21. The number of hydrogen-bond donors (Lipinski definition) is 1. The standard InChI is InChI=1S/C13H18ClNO/c1-9-3-4-11(8-15-9)10-5-6-13(16-2)12(14)7-10/h5-7,9,11,15H,3-4,8H2,1-2H3. The topological polar surface area (TPSA) is 21.3 Å². The zero-order chi connectivity index (χ0) is 11.5. The molecule has 2 nitrogen and oxygen atoms in total. The summed E-state index contributed by atoms with van der Waals surface area (Å²) in [5.74, 6) is 1.34. The molecule has 88 valence electrons. The van der Waals surface area contributed by atoms with Gasteiger partial charge in [-0.3, -0.25) is 0 Å². The Kier molecular flexibility index (Phi) is 3.72. The van der Waals surface area contributed by atoms with Gasteiger partial charge in [-0.25, -0.2) is 0 Å². The second kappa shape index (κ2) is 5.07. The highest BCUT2D eigenvalue weighted by molar-refractivity contribution is 6.32. The molecule has 0 spiro atoms.